The van der Waals surface area contributed by atoms with Gasteiger partial charge in [0, 0.05) is 18.6 Å². The number of hydrogen-bond acceptors (Lipinski definition) is 3. The maximum absolute atomic E-state index is 10.6. The standard InChI is InChI=1S/C10H9N3O/c14-8-10-12-5-6-13(10)7-9-3-1-2-4-11-9/h1-6,8H,7H2. The number of rotatable bonds is 3. The first-order chi connectivity index (χ1) is 6.90. The second-order valence-corrected chi connectivity index (χ2v) is 2.85. The zero-order valence-electron chi connectivity index (χ0n) is 7.50. The topological polar surface area (TPSA) is 47.8 Å². The summed E-state index contributed by atoms with van der Waals surface area (Å²) in [6.07, 6.45) is 5.83. The zero-order valence-corrected chi connectivity index (χ0v) is 7.50. The number of carbonyl (C=O) groups is 1. The minimum atomic E-state index is 0.427. The number of imidazole rings is 1. The Kier molecular flexibility index (Phi) is 2.36. The van der Waals surface area contributed by atoms with Gasteiger partial charge in [0.05, 0.1) is 12.2 Å². The number of pyridine rings is 1. The Morgan fingerprint density at radius 1 is 1.29 bits per heavy atom. The van der Waals surface area contributed by atoms with Crippen molar-refractivity contribution in [3.8, 4) is 0 Å². The lowest BCUT2D eigenvalue weighted by atomic mass is 10.3. The predicted molar refractivity (Wildman–Crippen MR) is 51.0 cm³/mol. The van der Waals surface area contributed by atoms with Crippen molar-refractivity contribution in [1.29, 1.82) is 0 Å². The number of nitrogens with zero attached hydrogens (tertiary/aromatic N) is 3. The fourth-order valence-corrected chi connectivity index (χ4v) is 1.24. The molecular weight excluding hydrogens is 178 g/mol. The molecule has 0 saturated carbocycles. The molecule has 0 spiro atoms. The summed E-state index contributed by atoms with van der Waals surface area (Å²) in [7, 11) is 0. The van der Waals surface area contributed by atoms with Gasteiger partial charge in [-0.25, -0.2) is 4.98 Å². The Bertz CT molecular complexity index is 422. The van der Waals surface area contributed by atoms with Crippen LogP contribution in [0.25, 0.3) is 0 Å². The van der Waals surface area contributed by atoms with Crippen molar-refractivity contribution >= 4 is 6.29 Å². The Labute approximate surface area is 81.2 Å². The molecule has 0 radical (unpaired) electrons. The quantitative estimate of drug-likeness (QED) is 0.677. The molecular formula is C10H9N3O. The summed E-state index contributed by atoms with van der Waals surface area (Å²) in [5, 5.41) is 0. The van der Waals surface area contributed by atoms with Crippen LogP contribution in [0.2, 0.25) is 0 Å². The Hall–Kier alpha value is -1.97. The molecule has 2 rings (SSSR count). The average molecular weight is 187 g/mol. The van der Waals surface area contributed by atoms with Crippen LogP contribution in [0.4, 0.5) is 0 Å². The minimum Gasteiger partial charge on any atom is -0.323 e. The fourth-order valence-electron chi connectivity index (χ4n) is 1.24. The van der Waals surface area contributed by atoms with Gasteiger partial charge in [0.2, 0.25) is 0 Å². The van der Waals surface area contributed by atoms with Crippen LogP contribution >= 0.6 is 0 Å². The first-order valence-corrected chi connectivity index (χ1v) is 4.26. The third-order valence-corrected chi connectivity index (χ3v) is 1.91. The van der Waals surface area contributed by atoms with Crippen molar-refractivity contribution in [3.05, 3.63) is 48.3 Å². The molecule has 0 saturated heterocycles. The number of hydrogen-bond donors (Lipinski definition) is 0. The summed E-state index contributed by atoms with van der Waals surface area (Å²) in [5.74, 6) is 0.427. The van der Waals surface area contributed by atoms with Crippen LogP contribution in [-0.2, 0) is 6.54 Å². The number of aromatic nitrogens is 3. The Morgan fingerprint density at radius 2 is 2.21 bits per heavy atom. The first-order valence-electron chi connectivity index (χ1n) is 4.26. The number of aldehydes is 1. The Balaban J connectivity index is 2.23. The largest absolute Gasteiger partial charge is 0.323 e. The molecule has 4 nitrogen and oxygen atoms in total. The third kappa shape index (κ3) is 1.69. The van der Waals surface area contributed by atoms with Crippen LogP contribution in [-0.4, -0.2) is 20.8 Å². The molecule has 2 aromatic rings. The average Bonchev–Trinajstić information content (AvgIpc) is 2.67. The maximum atomic E-state index is 10.6. The molecule has 0 unspecified atom stereocenters. The van der Waals surface area contributed by atoms with E-state index in [0.717, 1.165) is 12.0 Å². The first kappa shape index (κ1) is 8.62. The van der Waals surface area contributed by atoms with Gasteiger partial charge in [0.15, 0.2) is 12.1 Å². The lowest BCUT2D eigenvalue weighted by Crippen LogP contribution is -2.04. The summed E-state index contributed by atoms with van der Waals surface area (Å²) in [6.45, 7) is 0.578. The predicted octanol–water partition coefficient (Wildman–Crippen LogP) is 1.14. The highest BCUT2D eigenvalue weighted by Gasteiger charge is 2.01. The lowest BCUT2D eigenvalue weighted by molar-refractivity contribution is 0.111. The van der Waals surface area contributed by atoms with E-state index in [-0.39, 0.29) is 0 Å². The van der Waals surface area contributed by atoms with Gasteiger partial charge >= 0.3 is 0 Å². The van der Waals surface area contributed by atoms with Crippen LogP contribution in [0.5, 0.6) is 0 Å². The van der Waals surface area contributed by atoms with Crippen molar-refractivity contribution in [1.82, 2.24) is 14.5 Å². The molecule has 0 aliphatic rings. The fraction of sp³-hybridized carbons (Fsp3) is 0.100. The highest BCUT2D eigenvalue weighted by Crippen LogP contribution is 2.00. The van der Waals surface area contributed by atoms with E-state index in [1.54, 1.807) is 23.2 Å². The summed E-state index contributed by atoms with van der Waals surface area (Å²) >= 11 is 0. The summed E-state index contributed by atoms with van der Waals surface area (Å²) in [5.41, 5.74) is 0.911. The van der Waals surface area contributed by atoms with Crippen molar-refractivity contribution in [2.24, 2.45) is 0 Å². The molecule has 2 aromatic heterocycles. The van der Waals surface area contributed by atoms with Crippen LogP contribution in [0.15, 0.2) is 36.8 Å². The van der Waals surface area contributed by atoms with Gasteiger partial charge in [-0.15, -0.1) is 0 Å². The van der Waals surface area contributed by atoms with Gasteiger partial charge < -0.3 is 4.57 Å². The second kappa shape index (κ2) is 3.83. The Morgan fingerprint density at radius 3 is 2.93 bits per heavy atom. The van der Waals surface area contributed by atoms with E-state index < -0.39 is 0 Å². The van der Waals surface area contributed by atoms with Crippen LogP contribution < -0.4 is 0 Å². The number of carbonyl (C=O) groups excluding carboxylic acids is 1. The van der Waals surface area contributed by atoms with E-state index >= 15 is 0 Å². The van der Waals surface area contributed by atoms with Crippen LogP contribution in [0.1, 0.15) is 16.3 Å². The van der Waals surface area contributed by atoms with Gasteiger partial charge in [0.1, 0.15) is 0 Å². The van der Waals surface area contributed by atoms with Crippen molar-refractivity contribution in [2.45, 2.75) is 6.54 Å². The van der Waals surface area contributed by atoms with Crippen molar-refractivity contribution in [3.63, 3.8) is 0 Å². The molecule has 0 fully saturated rings. The normalized spacial score (nSPS) is 10.0. The molecule has 0 amide bonds. The van der Waals surface area contributed by atoms with Gasteiger partial charge in [-0.3, -0.25) is 9.78 Å². The third-order valence-electron chi connectivity index (χ3n) is 1.91. The van der Waals surface area contributed by atoms with Crippen molar-refractivity contribution in [2.75, 3.05) is 0 Å². The SMILES string of the molecule is O=Cc1nccn1Cc1ccccn1. The molecule has 2 heterocycles. The highest BCUT2D eigenvalue weighted by molar-refractivity contribution is 5.69. The lowest BCUT2D eigenvalue weighted by Gasteiger charge is -2.02. The van der Waals surface area contributed by atoms with Gasteiger partial charge in [-0.1, -0.05) is 6.07 Å². The molecule has 0 N–H and O–H groups in total. The molecule has 0 bridgehead atoms. The second-order valence-electron chi connectivity index (χ2n) is 2.85. The maximum Gasteiger partial charge on any atom is 0.185 e. The summed E-state index contributed by atoms with van der Waals surface area (Å²) in [4.78, 5) is 18.6. The highest BCUT2D eigenvalue weighted by atomic mass is 16.1. The molecule has 0 atom stereocenters. The molecule has 4 heteroatoms. The van der Waals surface area contributed by atoms with Crippen molar-refractivity contribution < 1.29 is 4.79 Å². The molecule has 0 aliphatic carbocycles. The van der Waals surface area contributed by atoms with Crippen LogP contribution in [0.3, 0.4) is 0 Å². The van der Waals surface area contributed by atoms with E-state index in [0.29, 0.717) is 12.4 Å². The molecule has 70 valence electrons. The minimum absolute atomic E-state index is 0.427. The summed E-state index contributed by atoms with van der Waals surface area (Å²) in [6, 6.07) is 5.69. The zero-order chi connectivity index (χ0) is 9.80. The monoisotopic (exact) mass is 187 g/mol. The molecule has 0 aliphatic heterocycles. The molecule has 14 heavy (non-hydrogen) atoms. The van der Waals surface area contributed by atoms with Crippen LogP contribution in [0, 0.1) is 0 Å². The van der Waals surface area contributed by atoms with Gasteiger partial charge in [-0.2, -0.15) is 0 Å². The molecule has 0 aromatic carbocycles. The summed E-state index contributed by atoms with van der Waals surface area (Å²) < 4.78 is 1.76. The van der Waals surface area contributed by atoms with Gasteiger partial charge in [-0.05, 0) is 12.1 Å². The van der Waals surface area contributed by atoms with E-state index in [2.05, 4.69) is 9.97 Å². The van der Waals surface area contributed by atoms with E-state index in [9.17, 15) is 4.79 Å². The van der Waals surface area contributed by atoms with E-state index in [1.807, 2.05) is 18.2 Å². The van der Waals surface area contributed by atoms with Gasteiger partial charge in [0.25, 0.3) is 0 Å². The van der Waals surface area contributed by atoms with E-state index in [1.165, 1.54) is 0 Å². The smallest absolute Gasteiger partial charge is 0.185 e. The van der Waals surface area contributed by atoms with E-state index in [4.69, 9.17) is 0 Å².